The van der Waals surface area contributed by atoms with Gasteiger partial charge in [0, 0.05) is 11.6 Å². The van der Waals surface area contributed by atoms with E-state index in [-0.39, 0.29) is 5.56 Å². The Labute approximate surface area is 86.3 Å². The van der Waals surface area contributed by atoms with Crippen molar-refractivity contribution in [3.63, 3.8) is 0 Å². The van der Waals surface area contributed by atoms with E-state index in [0.29, 0.717) is 6.07 Å². The van der Waals surface area contributed by atoms with Crippen molar-refractivity contribution in [1.82, 2.24) is 0 Å². The van der Waals surface area contributed by atoms with Crippen LogP contribution in [0, 0.1) is 11.6 Å². The van der Waals surface area contributed by atoms with Crippen LogP contribution >= 0.6 is 0 Å². The second kappa shape index (κ2) is 4.67. The first kappa shape index (κ1) is 12.1. The van der Waals surface area contributed by atoms with Crippen molar-refractivity contribution in [3.05, 3.63) is 35.4 Å². The second-order valence-electron chi connectivity index (χ2n) is 3.05. The van der Waals surface area contributed by atoms with Crippen LogP contribution in [0.5, 0.6) is 0 Å². The molecular weight excluding hydrogens is 226 g/mol. The molecule has 0 aliphatic carbocycles. The molecule has 0 aromatic heterocycles. The van der Waals surface area contributed by atoms with E-state index in [4.69, 9.17) is 5.11 Å². The lowest BCUT2D eigenvalue weighted by Gasteiger charge is -2.03. The van der Waals surface area contributed by atoms with E-state index >= 15 is 0 Å². The van der Waals surface area contributed by atoms with Crippen LogP contribution in [0.3, 0.4) is 0 Å². The lowest BCUT2D eigenvalue weighted by atomic mass is 10.2. The van der Waals surface area contributed by atoms with Gasteiger partial charge in [-0.25, -0.2) is 17.2 Å². The highest BCUT2D eigenvalue weighted by Gasteiger charge is 2.14. The van der Waals surface area contributed by atoms with Crippen LogP contribution in [0.15, 0.2) is 18.2 Å². The molecule has 6 heteroatoms. The van der Waals surface area contributed by atoms with Gasteiger partial charge in [-0.1, -0.05) is 6.07 Å². The zero-order valence-electron chi connectivity index (χ0n) is 7.78. The van der Waals surface area contributed by atoms with Gasteiger partial charge < -0.3 is 5.11 Å². The molecule has 0 aliphatic heterocycles. The highest BCUT2D eigenvalue weighted by Crippen LogP contribution is 2.13. The van der Waals surface area contributed by atoms with Gasteiger partial charge in [-0.3, -0.25) is 0 Å². The largest absolute Gasteiger partial charge is 0.395 e. The van der Waals surface area contributed by atoms with Crippen LogP contribution in [-0.2, 0) is 15.6 Å². The second-order valence-corrected chi connectivity index (χ2v) is 5.24. The Balaban J connectivity index is 2.90. The third-order valence-electron chi connectivity index (χ3n) is 1.79. The number of rotatable bonds is 4. The minimum absolute atomic E-state index is 0.0927. The van der Waals surface area contributed by atoms with E-state index in [1.165, 1.54) is 0 Å². The van der Waals surface area contributed by atoms with Crippen molar-refractivity contribution in [2.45, 2.75) is 5.75 Å². The van der Waals surface area contributed by atoms with Gasteiger partial charge in [0.25, 0.3) is 0 Å². The minimum atomic E-state index is -3.53. The number of benzene rings is 1. The maximum Gasteiger partial charge on any atom is 0.156 e. The number of hydrogen-bond acceptors (Lipinski definition) is 3. The van der Waals surface area contributed by atoms with Crippen molar-refractivity contribution in [1.29, 1.82) is 0 Å². The molecule has 1 rings (SSSR count). The van der Waals surface area contributed by atoms with E-state index < -0.39 is 39.6 Å². The van der Waals surface area contributed by atoms with Crippen molar-refractivity contribution >= 4 is 9.84 Å². The topological polar surface area (TPSA) is 54.4 Å². The first-order valence-electron chi connectivity index (χ1n) is 4.20. The summed E-state index contributed by atoms with van der Waals surface area (Å²) in [6, 6.07) is 2.70. The average Bonchev–Trinajstić information content (AvgIpc) is 2.09. The molecule has 0 saturated carbocycles. The molecule has 0 spiro atoms. The van der Waals surface area contributed by atoms with Crippen LogP contribution in [0.4, 0.5) is 8.78 Å². The molecule has 0 fully saturated rings. The van der Waals surface area contributed by atoms with Crippen LogP contribution in [-0.4, -0.2) is 25.9 Å². The predicted molar refractivity (Wildman–Crippen MR) is 50.9 cm³/mol. The number of aliphatic hydroxyl groups excluding tert-OH is 1. The lowest BCUT2D eigenvalue weighted by Crippen LogP contribution is -2.13. The van der Waals surface area contributed by atoms with E-state index in [0.717, 1.165) is 12.1 Å². The van der Waals surface area contributed by atoms with Crippen LogP contribution in [0.2, 0.25) is 0 Å². The van der Waals surface area contributed by atoms with Gasteiger partial charge >= 0.3 is 0 Å². The van der Waals surface area contributed by atoms with Gasteiger partial charge in [0.2, 0.25) is 0 Å². The Kier molecular flexibility index (Phi) is 3.76. The van der Waals surface area contributed by atoms with Crippen LogP contribution in [0.1, 0.15) is 5.56 Å². The monoisotopic (exact) mass is 236 g/mol. The molecule has 0 bridgehead atoms. The smallest absolute Gasteiger partial charge is 0.156 e. The van der Waals surface area contributed by atoms with Gasteiger partial charge in [0.05, 0.1) is 18.1 Å². The summed E-state index contributed by atoms with van der Waals surface area (Å²) in [4.78, 5) is 0. The fourth-order valence-electron chi connectivity index (χ4n) is 1.09. The fraction of sp³-hybridized carbons (Fsp3) is 0.333. The van der Waals surface area contributed by atoms with Crippen LogP contribution in [0.25, 0.3) is 0 Å². The molecule has 0 aliphatic rings. The number of halogens is 2. The van der Waals surface area contributed by atoms with E-state index in [2.05, 4.69) is 0 Å². The predicted octanol–water partition coefficient (Wildman–Crippen LogP) is 0.872. The standard InChI is InChI=1S/C9H10F2O3S/c10-8-2-1-7(9(11)5-8)6-15(13,14)4-3-12/h1-2,5,12H,3-4,6H2. The Bertz CT molecular complexity index is 443. The van der Waals surface area contributed by atoms with Gasteiger partial charge in [0.15, 0.2) is 9.84 Å². The molecule has 15 heavy (non-hydrogen) atoms. The Morgan fingerprint density at radius 2 is 1.93 bits per heavy atom. The summed E-state index contributed by atoms with van der Waals surface area (Å²) < 4.78 is 48.0. The molecule has 0 amide bonds. The average molecular weight is 236 g/mol. The van der Waals surface area contributed by atoms with Gasteiger partial charge in [-0.2, -0.15) is 0 Å². The first-order valence-corrected chi connectivity index (χ1v) is 6.02. The maximum absolute atomic E-state index is 13.1. The summed E-state index contributed by atoms with van der Waals surface area (Å²) in [6.45, 7) is -0.509. The van der Waals surface area contributed by atoms with E-state index in [1.807, 2.05) is 0 Å². The third-order valence-corrected chi connectivity index (χ3v) is 3.35. The summed E-state index contributed by atoms with van der Waals surface area (Å²) in [5.74, 6) is -2.60. The molecule has 0 atom stereocenters. The molecule has 84 valence electrons. The van der Waals surface area contributed by atoms with Gasteiger partial charge in [0.1, 0.15) is 11.6 Å². The highest BCUT2D eigenvalue weighted by molar-refractivity contribution is 7.90. The number of aliphatic hydroxyl groups is 1. The maximum atomic E-state index is 13.1. The summed E-state index contributed by atoms with van der Waals surface area (Å²) in [6.07, 6.45) is 0. The molecule has 1 aromatic carbocycles. The van der Waals surface area contributed by atoms with Crippen molar-refractivity contribution < 1.29 is 22.3 Å². The fourth-order valence-corrected chi connectivity index (χ4v) is 2.22. The summed E-state index contributed by atoms with van der Waals surface area (Å²) in [5, 5.41) is 8.46. The number of sulfone groups is 1. The lowest BCUT2D eigenvalue weighted by molar-refractivity contribution is 0.319. The normalized spacial score (nSPS) is 11.7. The number of hydrogen-bond donors (Lipinski definition) is 1. The Morgan fingerprint density at radius 1 is 1.27 bits per heavy atom. The summed E-state index contributed by atoms with van der Waals surface area (Å²) in [5.41, 5.74) is -0.0927. The molecule has 0 saturated heterocycles. The van der Waals surface area contributed by atoms with Gasteiger partial charge in [-0.15, -0.1) is 0 Å². The third kappa shape index (κ3) is 3.56. The quantitative estimate of drug-likeness (QED) is 0.844. The zero-order valence-corrected chi connectivity index (χ0v) is 8.60. The summed E-state index contributed by atoms with van der Waals surface area (Å²) in [7, 11) is -3.53. The van der Waals surface area contributed by atoms with Crippen LogP contribution < -0.4 is 0 Å². The molecule has 3 nitrogen and oxygen atoms in total. The highest BCUT2D eigenvalue weighted by atomic mass is 32.2. The van der Waals surface area contributed by atoms with Crippen molar-refractivity contribution in [2.24, 2.45) is 0 Å². The Hall–Kier alpha value is -1.01. The molecule has 1 N–H and O–H groups in total. The van der Waals surface area contributed by atoms with Gasteiger partial charge in [-0.05, 0) is 6.07 Å². The molecule has 0 heterocycles. The summed E-state index contributed by atoms with van der Waals surface area (Å²) >= 11 is 0. The molecule has 0 unspecified atom stereocenters. The Morgan fingerprint density at radius 3 is 2.47 bits per heavy atom. The molecular formula is C9H10F2O3S. The van der Waals surface area contributed by atoms with Crippen molar-refractivity contribution in [2.75, 3.05) is 12.4 Å². The molecule has 0 radical (unpaired) electrons. The first-order chi connectivity index (χ1) is 6.94. The SMILES string of the molecule is O=S(=O)(CCO)Cc1ccc(F)cc1F. The zero-order chi connectivity index (χ0) is 11.5. The molecule has 1 aromatic rings. The van der Waals surface area contributed by atoms with Crippen molar-refractivity contribution in [3.8, 4) is 0 Å². The van der Waals surface area contributed by atoms with E-state index in [1.54, 1.807) is 0 Å². The minimum Gasteiger partial charge on any atom is -0.395 e. The van der Waals surface area contributed by atoms with E-state index in [9.17, 15) is 17.2 Å².